The van der Waals surface area contributed by atoms with Crippen LogP contribution in [0.15, 0.2) is 24.3 Å². The Labute approximate surface area is 127 Å². The number of hydrogen-bond acceptors (Lipinski definition) is 2. The van der Waals surface area contributed by atoms with Gasteiger partial charge in [-0.15, -0.1) is 12.4 Å². The molecule has 0 radical (unpaired) electrons. The van der Waals surface area contributed by atoms with Gasteiger partial charge in [0.05, 0.1) is 0 Å². The summed E-state index contributed by atoms with van der Waals surface area (Å²) < 4.78 is 0. The minimum absolute atomic E-state index is 0. The third kappa shape index (κ3) is 5.14. The highest BCUT2D eigenvalue weighted by atomic mass is 35.5. The van der Waals surface area contributed by atoms with Crippen LogP contribution < -0.4 is 11.1 Å². The van der Waals surface area contributed by atoms with Crippen LogP contribution in [0.2, 0.25) is 0 Å². The van der Waals surface area contributed by atoms with E-state index in [0.29, 0.717) is 6.54 Å². The lowest BCUT2D eigenvalue weighted by Gasteiger charge is -2.20. The van der Waals surface area contributed by atoms with Crippen molar-refractivity contribution in [1.82, 2.24) is 0 Å². The Hall–Kier alpha value is -1.06. The second kappa shape index (κ2) is 8.98. The van der Waals surface area contributed by atoms with Gasteiger partial charge < -0.3 is 11.1 Å². The van der Waals surface area contributed by atoms with Crippen molar-refractivity contribution >= 4 is 24.0 Å². The van der Waals surface area contributed by atoms with Crippen molar-refractivity contribution in [2.24, 2.45) is 11.7 Å². The van der Waals surface area contributed by atoms with Crippen molar-refractivity contribution in [3.05, 3.63) is 29.8 Å². The Kier molecular flexibility index (Phi) is 7.63. The maximum absolute atomic E-state index is 12.2. The summed E-state index contributed by atoms with van der Waals surface area (Å²) in [7, 11) is 0. The van der Waals surface area contributed by atoms with Gasteiger partial charge in [0, 0.05) is 11.6 Å². The summed E-state index contributed by atoms with van der Waals surface area (Å²) in [5.74, 6) is 0.400. The molecular formula is C16H25ClN2O. The first kappa shape index (κ1) is 17.0. The first-order chi connectivity index (χ1) is 9.29. The molecule has 2 rings (SSSR count). The SMILES string of the molecule is Cl.NCCCc1cccc(NC(=O)C2CCCCC2)c1. The molecule has 0 unspecified atom stereocenters. The van der Waals surface area contributed by atoms with Crippen molar-refractivity contribution in [2.75, 3.05) is 11.9 Å². The van der Waals surface area contributed by atoms with Crippen molar-refractivity contribution in [3.8, 4) is 0 Å². The van der Waals surface area contributed by atoms with Gasteiger partial charge in [-0.2, -0.15) is 0 Å². The molecule has 0 spiro atoms. The van der Waals surface area contributed by atoms with Crippen LogP contribution in [0.25, 0.3) is 0 Å². The average molecular weight is 297 g/mol. The molecule has 20 heavy (non-hydrogen) atoms. The van der Waals surface area contributed by atoms with Crippen LogP contribution in [-0.4, -0.2) is 12.5 Å². The van der Waals surface area contributed by atoms with Crippen LogP contribution in [0.3, 0.4) is 0 Å². The number of carbonyl (C=O) groups excluding carboxylic acids is 1. The first-order valence-electron chi connectivity index (χ1n) is 7.39. The lowest BCUT2D eigenvalue weighted by atomic mass is 9.88. The van der Waals surface area contributed by atoms with Crippen LogP contribution in [0.1, 0.15) is 44.1 Å². The summed E-state index contributed by atoms with van der Waals surface area (Å²) in [6.45, 7) is 0.707. The number of carbonyl (C=O) groups is 1. The van der Waals surface area contributed by atoms with Crippen LogP contribution in [0.4, 0.5) is 5.69 Å². The van der Waals surface area contributed by atoms with Crippen LogP contribution >= 0.6 is 12.4 Å². The summed E-state index contributed by atoms with van der Waals surface area (Å²) >= 11 is 0. The van der Waals surface area contributed by atoms with E-state index >= 15 is 0 Å². The molecule has 1 amide bonds. The van der Waals surface area contributed by atoms with Gasteiger partial charge in [0.1, 0.15) is 0 Å². The van der Waals surface area contributed by atoms with Gasteiger partial charge in [0.15, 0.2) is 0 Å². The minimum atomic E-state index is 0. The molecule has 3 nitrogen and oxygen atoms in total. The molecule has 0 bridgehead atoms. The zero-order valence-corrected chi connectivity index (χ0v) is 12.8. The topological polar surface area (TPSA) is 55.1 Å². The third-order valence-electron chi connectivity index (χ3n) is 3.84. The zero-order valence-electron chi connectivity index (χ0n) is 11.9. The fourth-order valence-corrected chi connectivity index (χ4v) is 2.72. The smallest absolute Gasteiger partial charge is 0.227 e. The van der Waals surface area contributed by atoms with Crippen LogP contribution in [0, 0.1) is 5.92 Å². The van der Waals surface area contributed by atoms with Crippen LogP contribution in [-0.2, 0) is 11.2 Å². The quantitative estimate of drug-likeness (QED) is 0.873. The van der Waals surface area contributed by atoms with Gasteiger partial charge in [0.2, 0.25) is 5.91 Å². The van der Waals surface area contributed by atoms with Gasteiger partial charge in [-0.05, 0) is 49.9 Å². The highest BCUT2D eigenvalue weighted by molar-refractivity contribution is 5.92. The number of benzene rings is 1. The molecule has 0 aromatic heterocycles. The molecule has 0 saturated heterocycles. The van der Waals surface area contributed by atoms with E-state index in [1.807, 2.05) is 12.1 Å². The molecule has 4 heteroatoms. The van der Waals surface area contributed by atoms with Gasteiger partial charge >= 0.3 is 0 Å². The minimum Gasteiger partial charge on any atom is -0.330 e. The summed E-state index contributed by atoms with van der Waals surface area (Å²) in [6, 6.07) is 8.12. The number of nitrogens with one attached hydrogen (secondary N) is 1. The Morgan fingerprint density at radius 2 is 2.00 bits per heavy atom. The standard InChI is InChI=1S/C16H24N2O.ClH/c17-11-5-7-13-6-4-10-15(12-13)18-16(19)14-8-2-1-3-9-14;/h4,6,10,12,14H,1-3,5,7-9,11,17H2,(H,18,19);1H. The average Bonchev–Trinajstić information content (AvgIpc) is 2.46. The number of halogens is 1. The molecule has 112 valence electrons. The summed E-state index contributed by atoms with van der Waals surface area (Å²) in [6.07, 6.45) is 7.70. The Bertz CT molecular complexity index is 417. The normalized spacial score (nSPS) is 15.4. The molecule has 0 aliphatic heterocycles. The lowest BCUT2D eigenvalue weighted by molar-refractivity contribution is -0.120. The summed E-state index contributed by atoms with van der Waals surface area (Å²) in [5.41, 5.74) is 7.69. The van der Waals surface area contributed by atoms with Crippen molar-refractivity contribution < 1.29 is 4.79 Å². The first-order valence-corrected chi connectivity index (χ1v) is 7.39. The second-order valence-electron chi connectivity index (χ2n) is 5.42. The number of rotatable bonds is 5. The van der Waals surface area contributed by atoms with E-state index in [9.17, 15) is 4.79 Å². The van der Waals surface area contributed by atoms with Gasteiger partial charge in [0.25, 0.3) is 0 Å². The maximum atomic E-state index is 12.2. The van der Waals surface area contributed by atoms with Gasteiger partial charge in [-0.25, -0.2) is 0 Å². The van der Waals surface area contributed by atoms with E-state index in [-0.39, 0.29) is 24.2 Å². The molecule has 1 aliphatic rings. The molecule has 1 aliphatic carbocycles. The molecular weight excluding hydrogens is 272 g/mol. The number of hydrogen-bond donors (Lipinski definition) is 2. The highest BCUT2D eigenvalue weighted by Crippen LogP contribution is 2.25. The van der Waals surface area contributed by atoms with E-state index in [2.05, 4.69) is 17.4 Å². The van der Waals surface area contributed by atoms with Gasteiger partial charge in [-0.3, -0.25) is 4.79 Å². The molecule has 1 fully saturated rings. The predicted molar refractivity (Wildman–Crippen MR) is 86.3 cm³/mol. The Balaban J connectivity index is 0.00000200. The van der Waals surface area contributed by atoms with Gasteiger partial charge in [-0.1, -0.05) is 31.4 Å². The summed E-state index contributed by atoms with van der Waals surface area (Å²) in [5, 5.41) is 3.06. The highest BCUT2D eigenvalue weighted by Gasteiger charge is 2.20. The Morgan fingerprint density at radius 3 is 2.70 bits per heavy atom. The molecule has 1 aromatic carbocycles. The summed E-state index contributed by atoms with van der Waals surface area (Å²) in [4.78, 5) is 12.2. The zero-order chi connectivity index (χ0) is 13.5. The second-order valence-corrected chi connectivity index (χ2v) is 5.42. The fourth-order valence-electron chi connectivity index (χ4n) is 2.72. The third-order valence-corrected chi connectivity index (χ3v) is 3.84. The number of nitrogens with two attached hydrogens (primary N) is 1. The van der Waals surface area contributed by atoms with E-state index in [1.165, 1.54) is 24.8 Å². The maximum Gasteiger partial charge on any atom is 0.227 e. The predicted octanol–water partition coefficient (Wildman–Crippen LogP) is 3.52. The van der Waals surface area contributed by atoms with Crippen molar-refractivity contribution in [2.45, 2.75) is 44.9 Å². The number of amides is 1. The van der Waals surface area contributed by atoms with E-state index < -0.39 is 0 Å². The van der Waals surface area contributed by atoms with E-state index in [4.69, 9.17) is 5.73 Å². The van der Waals surface area contributed by atoms with E-state index in [0.717, 1.165) is 31.4 Å². The molecule has 3 N–H and O–H groups in total. The van der Waals surface area contributed by atoms with Crippen LogP contribution in [0.5, 0.6) is 0 Å². The monoisotopic (exact) mass is 296 g/mol. The molecule has 0 atom stereocenters. The van der Waals surface area contributed by atoms with Crippen molar-refractivity contribution in [1.29, 1.82) is 0 Å². The molecule has 1 aromatic rings. The molecule has 1 saturated carbocycles. The largest absolute Gasteiger partial charge is 0.330 e. The van der Waals surface area contributed by atoms with Crippen molar-refractivity contribution in [3.63, 3.8) is 0 Å². The molecule has 0 heterocycles. The number of anilines is 1. The fraction of sp³-hybridized carbons (Fsp3) is 0.562. The Morgan fingerprint density at radius 1 is 1.25 bits per heavy atom. The lowest BCUT2D eigenvalue weighted by Crippen LogP contribution is -2.24. The van der Waals surface area contributed by atoms with E-state index in [1.54, 1.807) is 0 Å². The number of aryl methyl sites for hydroxylation is 1.